The van der Waals surface area contributed by atoms with E-state index in [0.29, 0.717) is 5.56 Å². The normalized spacial score (nSPS) is 11.5. The summed E-state index contributed by atoms with van der Waals surface area (Å²) in [7, 11) is -3.90. The Morgan fingerprint density at radius 2 is 1.50 bits per heavy atom. The standard InChI is InChI=1S/C17H14F3N3O2S.2Ca/c1-11-2-4-12(5-3-11)15-10-16(17(18,19)20)22-23(15)13-6-8-14(9-7-13)26(21,24)25;;/h2-10H,1H3,(H2,21,24,25);;/q;2*+2. The Balaban J connectivity index is 0.00000196. The minimum absolute atomic E-state index is 0. The number of nitrogens with zero attached hydrogens (tertiary/aromatic N) is 2. The van der Waals surface area contributed by atoms with E-state index >= 15 is 0 Å². The molecule has 28 heavy (non-hydrogen) atoms. The molecule has 2 N–H and O–H groups in total. The van der Waals surface area contributed by atoms with Crippen molar-refractivity contribution in [1.82, 2.24) is 9.78 Å². The van der Waals surface area contributed by atoms with Gasteiger partial charge in [0, 0.05) is 5.56 Å². The molecule has 5 nitrogen and oxygen atoms in total. The molecule has 3 aromatic rings. The fraction of sp³-hybridized carbons (Fsp3) is 0.118. The molecule has 0 amide bonds. The Morgan fingerprint density at radius 1 is 0.964 bits per heavy atom. The first-order chi connectivity index (χ1) is 12.1. The number of aryl methyl sites for hydroxylation is 1. The summed E-state index contributed by atoms with van der Waals surface area (Å²) in [5, 5.41) is 8.70. The summed E-state index contributed by atoms with van der Waals surface area (Å²) in [6, 6.07) is 13.1. The average Bonchev–Trinajstić information content (AvgIpc) is 3.00. The van der Waals surface area contributed by atoms with Gasteiger partial charge in [0.2, 0.25) is 10.0 Å². The third-order valence-electron chi connectivity index (χ3n) is 3.76. The van der Waals surface area contributed by atoms with Gasteiger partial charge in [0.05, 0.1) is 16.3 Å². The van der Waals surface area contributed by atoms with Gasteiger partial charge in [-0.05, 0) is 37.3 Å². The molecule has 1 aromatic heterocycles. The van der Waals surface area contributed by atoms with Crippen LogP contribution in [0.1, 0.15) is 11.3 Å². The molecule has 0 aliphatic carbocycles. The molecule has 0 radical (unpaired) electrons. The van der Waals surface area contributed by atoms with Crippen molar-refractivity contribution in [1.29, 1.82) is 0 Å². The number of hydrogen-bond donors (Lipinski definition) is 1. The predicted octanol–water partition coefficient (Wildman–Crippen LogP) is 2.75. The number of primary sulfonamides is 1. The van der Waals surface area contributed by atoms with Crippen LogP contribution in [0.4, 0.5) is 13.2 Å². The summed E-state index contributed by atoms with van der Waals surface area (Å²) < 4.78 is 63.2. The van der Waals surface area contributed by atoms with Gasteiger partial charge in [-0.3, -0.25) is 0 Å². The average molecular weight is 462 g/mol. The van der Waals surface area contributed by atoms with Crippen molar-refractivity contribution in [2.24, 2.45) is 5.14 Å². The third-order valence-corrected chi connectivity index (χ3v) is 4.69. The number of sulfonamides is 1. The fourth-order valence-corrected chi connectivity index (χ4v) is 2.94. The third kappa shape index (κ3) is 5.95. The van der Waals surface area contributed by atoms with Crippen LogP contribution < -0.4 is 5.14 Å². The maximum absolute atomic E-state index is 13.1. The van der Waals surface area contributed by atoms with E-state index in [-0.39, 0.29) is 91.8 Å². The Morgan fingerprint density at radius 3 is 1.96 bits per heavy atom. The molecule has 0 saturated carbocycles. The first-order valence-electron chi connectivity index (χ1n) is 7.43. The van der Waals surface area contributed by atoms with E-state index in [4.69, 9.17) is 5.14 Å². The van der Waals surface area contributed by atoms with Gasteiger partial charge in [0.25, 0.3) is 0 Å². The second-order valence-electron chi connectivity index (χ2n) is 5.73. The molecule has 3 rings (SSSR count). The van der Waals surface area contributed by atoms with Crippen LogP contribution in [0.3, 0.4) is 0 Å². The van der Waals surface area contributed by atoms with Crippen molar-refractivity contribution < 1.29 is 21.6 Å². The van der Waals surface area contributed by atoms with E-state index in [1.54, 1.807) is 24.3 Å². The number of benzene rings is 2. The fourth-order valence-electron chi connectivity index (χ4n) is 2.42. The summed E-state index contributed by atoms with van der Waals surface area (Å²) in [6.07, 6.45) is -4.61. The Hall–Kier alpha value is -0.131. The predicted molar refractivity (Wildman–Crippen MR) is 102 cm³/mol. The number of nitrogens with two attached hydrogens (primary N) is 1. The van der Waals surface area contributed by atoms with Gasteiger partial charge in [0.15, 0.2) is 5.69 Å². The molecular formula is C17H14Ca2F3N3O2S+4. The molecule has 11 heteroatoms. The van der Waals surface area contributed by atoms with Crippen LogP contribution in [-0.2, 0) is 16.2 Å². The van der Waals surface area contributed by atoms with E-state index in [2.05, 4.69) is 5.10 Å². The Bertz CT molecular complexity index is 1050. The number of aromatic nitrogens is 2. The zero-order valence-corrected chi connectivity index (χ0v) is 20.2. The summed E-state index contributed by atoms with van der Waals surface area (Å²) >= 11 is 0. The first kappa shape index (κ1) is 25.9. The minimum atomic E-state index is -4.61. The molecular weight excluding hydrogens is 447 g/mol. The van der Waals surface area contributed by atoms with E-state index in [1.165, 1.54) is 24.3 Å². The molecule has 0 spiro atoms. The van der Waals surface area contributed by atoms with Gasteiger partial charge >= 0.3 is 81.7 Å². The maximum Gasteiger partial charge on any atom is 2.00 e. The van der Waals surface area contributed by atoms with Crippen LogP contribution in [-0.4, -0.2) is 93.7 Å². The number of rotatable bonds is 3. The van der Waals surface area contributed by atoms with E-state index in [1.807, 2.05) is 6.92 Å². The second kappa shape index (κ2) is 9.78. The summed E-state index contributed by atoms with van der Waals surface area (Å²) in [4.78, 5) is -0.138. The summed E-state index contributed by atoms with van der Waals surface area (Å²) in [6.45, 7) is 1.87. The smallest absolute Gasteiger partial charge is 0.233 e. The van der Waals surface area contributed by atoms with Gasteiger partial charge in [-0.2, -0.15) is 18.3 Å². The number of hydrogen-bond acceptors (Lipinski definition) is 3. The molecule has 1 heterocycles. The summed E-state index contributed by atoms with van der Waals surface area (Å²) in [5.74, 6) is 0. The van der Waals surface area contributed by atoms with Gasteiger partial charge in [-0.25, -0.2) is 18.2 Å². The van der Waals surface area contributed by atoms with Crippen LogP contribution in [0.15, 0.2) is 59.5 Å². The Labute approximate surface area is 220 Å². The molecule has 0 bridgehead atoms. The van der Waals surface area contributed by atoms with Crippen LogP contribution in [0.5, 0.6) is 0 Å². The van der Waals surface area contributed by atoms with Gasteiger partial charge in [-0.15, -0.1) is 0 Å². The molecule has 136 valence electrons. The molecule has 0 unspecified atom stereocenters. The van der Waals surface area contributed by atoms with Crippen molar-refractivity contribution in [3.8, 4) is 16.9 Å². The second-order valence-corrected chi connectivity index (χ2v) is 7.29. The van der Waals surface area contributed by atoms with Crippen molar-refractivity contribution in [2.75, 3.05) is 0 Å². The quantitative estimate of drug-likeness (QED) is 0.610. The van der Waals surface area contributed by atoms with E-state index in [0.717, 1.165) is 16.3 Å². The van der Waals surface area contributed by atoms with Crippen molar-refractivity contribution in [3.63, 3.8) is 0 Å². The van der Waals surface area contributed by atoms with Gasteiger partial charge in [0.1, 0.15) is 0 Å². The molecule has 0 atom stereocenters. The number of alkyl halides is 3. The molecule has 0 aliphatic rings. The topological polar surface area (TPSA) is 78.0 Å². The molecule has 0 aliphatic heterocycles. The summed E-state index contributed by atoms with van der Waals surface area (Å²) in [5.41, 5.74) is 0.996. The van der Waals surface area contributed by atoms with Crippen LogP contribution in [0, 0.1) is 6.92 Å². The van der Waals surface area contributed by atoms with Crippen molar-refractivity contribution in [2.45, 2.75) is 18.0 Å². The van der Waals surface area contributed by atoms with Crippen molar-refractivity contribution in [3.05, 3.63) is 65.9 Å². The first-order valence-corrected chi connectivity index (χ1v) is 8.98. The van der Waals surface area contributed by atoms with Gasteiger partial charge < -0.3 is 0 Å². The SMILES string of the molecule is Cc1ccc(-c2cc(C(F)(F)F)nn2-c2ccc(S(N)(=O)=O)cc2)cc1.[Ca+2].[Ca+2]. The van der Waals surface area contributed by atoms with Crippen LogP contribution >= 0.6 is 0 Å². The Kier molecular flexibility index (Phi) is 9.05. The monoisotopic (exact) mass is 461 g/mol. The van der Waals surface area contributed by atoms with Crippen LogP contribution in [0.2, 0.25) is 0 Å². The largest absolute Gasteiger partial charge is 2.00 e. The van der Waals surface area contributed by atoms with Crippen molar-refractivity contribution >= 4 is 85.5 Å². The molecule has 2 aromatic carbocycles. The van der Waals surface area contributed by atoms with Gasteiger partial charge in [-0.1, -0.05) is 29.8 Å². The molecule has 0 saturated heterocycles. The van der Waals surface area contributed by atoms with E-state index in [9.17, 15) is 21.6 Å². The number of halogens is 3. The molecule has 0 fully saturated rings. The zero-order valence-electron chi connectivity index (χ0n) is 14.9. The minimum Gasteiger partial charge on any atom is -0.233 e. The van der Waals surface area contributed by atoms with E-state index < -0.39 is 21.9 Å². The maximum atomic E-state index is 13.1. The van der Waals surface area contributed by atoms with Crippen LogP contribution in [0.25, 0.3) is 16.9 Å². The zero-order chi connectivity index (χ0) is 19.1.